The topological polar surface area (TPSA) is 77.9 Å². The third-order valence-corrected chi connectivity index (χ3v) is 6.66. The minimum atomic E-state index is -0.936. The van der Waals surface area contributed by atoms with Crippen molar-refractivity contribution in [2.24, 2.45) is 5.41 Å². The minimum absolute atomic E-state index is 0.0608. The first-order valence-corrected chi connectivity index (χ1v) is 9.84. The zero-order valence-electron chi connectivity index (χ0n) is 15.7. The largest absolute Gasteiger partial charge is 0.480 e. The maximum atomic E-state index is 13.2. The molecule has 1 saturated carbocycles. The average Bonchev–Trinajstić information content (AvgIpc) is 3.20. The Morgan fingerprint density at radius 1 is 1.19 bits per heavy atom. The molecule has 1 aromatic carbocycles. The van der Waals surface area contributed by atoms with Crippen LogP contribution in [0.25, 0.3) is 0 Å². The standard InChI is InChI=1S/C21H26N2O4/c1-14(22-12-15-7-3-4-8-16(15)19(22)25)18(24)23-13-21(9-5-2-6-10-21)11-17(23)20(26)27/h3-4,7-8,14,17H,2,5-6,9-13H2,1H3,(H,26,27)/t14-,17?/m1/s1. The number of hydrogen-bond acceptors (Lipinski definition) is 3. The van der Waals surface area contributed by atoms with Gasteiger partial charge in [0.1, 0.15) is 12.1 Å². The molecule has 4 rings (SSSR count). The molecule has 6 nitrogen and oxygen atoms in total. The molecule has 1 aromatic rings. The highest BCUT2D eigenvalue weighted by molar-refractivity contribution is 6.01. The summed E-state index contributed by atoms with van der Waals surface area (Å²) < 4.78 is 0. The van der Waals surface area contributed by atoms with Gasteiger partial charge in [-0.3, -0.25) is 9.59 Å². The summed E-state index contributed by atoms with van der Waals surface area (Å²) in [5.41, 5.74) is 1.49. The first-order valence-electron chi connectivity index (χ1n) is 9.84. The predicted octanol–water partition coefficient (Wildman–Crippen LogP) is 2.67. The van der Waals surface area contributed by atoms with Gasteiger partial charge < -0.3 is 14.9 Å². The average molecular weight is 370 g/mol. The molecule has 6 heteroatoms. The number of carboxylic acids is 1. The number of nitrogens with zero attached hydrogens (tertiary/aromatic N) is 2. The first kappa shape index (κ1) is 18.0. The van der Waals surface area contributed by atoms with Crippen LogP contribution in [0.2, 0.25) is 0 Å². The second-order valence-electron chi connectivity index (χ2n) is 8.35. The van der Waals surface area contributed by atoms with Gasteiger partial charge in [0, 0.05) is 18.7 Å². The van der Waals surface area contributed by atoms with Gasteiger partial charge in [0.25, 0.3) is 5.91 Å². The van der Waals surface area contributed by atoms with Gasteiger partial charge in [-0.1, -0.05) is 37.5 Å². The highest BCUT2D eigenvalue weighted by Gasteiger charge is 2.50. The minimum Gasteiger partial charge on any atom is -0.480 e. The zero-order chi connectivity index (χ0) is 19.2. The summed E-state index contributed by atoms with van der Waals surface area (Å²) >= 11 is 0. The molecule has 1 unspecified atom stereocenters. The second-order valence-corrected chi connectivity index (χ2v) is 8.35. The van der Waals surface area contributed by atoms with Crippen LogP contribution in [0.15, 0.2) is 24.3 Å². The number of carboxylic acid groups (broad SMARTS) is 1. The van der Waals surface area contributed by atoms with E-state index in [-0.39, 0.29) is 17.2 Å². The zero-order valence-corrected chi connectivity index (χ0v) is 15.7. The summed E-state index contributed by atoms with van der Waals surface area (Å²) in [6.07, 6.45) is 5.90. The lowest BCUT2D eigenvalue weighted by Crippen LogP contribution is -2.51. The van der Waals surface area contributed by atoms with Gasteiger partial charge in [0.2, 0.25) is 5.91 Å². The second kappa shape index (κ2) is 6.66. The summed E-state index contributed by atoms with van der Waals surface area (Å²) in [7, 11) is 0. The van der Waals surface area contributed by atoms with Crippen LogP contribution in [0.5, 0.6) is 0 Å². The molecule has 1 spiro atoms. The van der Waals surface area contributed by atoms with Crippen LogP contribution < -0.4 is 0 Å². The Kier molecular flexibility index (Phi) is 4.44. The Bertz CT molecular complexity index is 784. The molecule has 0 bridgehead atoms. The number of amides is 2. The van der Waals surface area contributed by atoms with E-state index >= 15 is 0 Å². The molecule has 1 N–H and O–H groups in total. The number of benzene rings is 1. The Morgan fingerprint density at radius 3 is 2.56 bits per heavy atom. The number of aliphatic carboxylic acids is 1. The van der Waals surface area contributed by atoms with Crippen molar-refractivity contribution in [3.8, 4) is 0 Å². The lowest BCUT2D eigenvalue weighted by Gasteiger charge is -2.34. The SMILES string of the molecule is C[C@H](C(=O)N1CC2(CCCCC2)CC1C(=O)O)N1Cc2ccccc2C1=O. The predicted molar refractivity (Wildman–Crippen MR) is 99.0 cm³/mol. The molecule has 3 aliphatic rings. The molecular weight excluding hydrogens is 344 g/mol. The number of hydrogen-bond donors (Lipinski definition) is 1. The van der Waals surface area contributed by atoms with Gasteiger partial charge in [-0.05, 0) is 43.2 Å². The van der Waals surface area contributed by atoms with Crippen LogP contribution >= 0.6 is 0 Å². The Morgan fingerprint density at radius 2 is 1.89 bits per heavy atom. The Hall–Kier alpha value is -2.37. The van der Waals surface area contributed by atoms with E-state index in [2.05, 4.69) is 0 Å². The summed E-state index contributed by atoms with van der Waals surface area (Å²) in [5, 5.41) is 9.71. The maximum absolute atomic E-state index is 13.2. The number of likely N-dealkylation sites (tertiary alicyclic amines) is 1. The van der Waals surface area contributed by atoms with E-state index in [4.69, 9.17) is 0 Å². The van der Waals surface area contributed by atoms with E-state index in [1.807, 2.05) is 18.2 Å². The van der Waals surface area contributed by atoms with E-state index in [0.717, 1.165) is 31.2 Å². The molecule has 27 heavy (non-hydrogen) atoms. The normalized spacial score (nSPS) is 24.9. The van der Waals surface area contributed by atoms with E-state index in [0.29, 0.717) is 25.1 Å². The van der Waals surface area contributed by atoms with Crippen LogP contribution in [0.4, 0.5) is 0 Å². The Balaban J connectivity index is 1.54. The van der Waals surface area contributed by atoms with Crippen molar-refractivity contribution < 1.29 is 19.5 Å². The van der Waals surface area contributed by atoms with Crippen LogP contribution in [-0.2, 0) is 16.1 Å². The van der Waals surface area contributed by atoms with Gasteiger partial charge in [0.05, 0.1) is 0 Å². The van der Waals surface area contributed by atoms with Gasteiger partial charge in [0.15, 0.2) is 0 Å². The molecular formula is C21H26N2O4. The van der Waals surface area contributed by atoms with Gasteiger partial charge in [-0.15, -0.1) is 0 Å². The molecule has 0 radical (unpaired) electrons. The van der Waals surface area contributed by atoms with Gasteiger partial charge in [-0.25, -0.2) is 4.79 Å². The van der Waals surface area contributed by atoms with E-state index in [1.165, 1.54) is 11.3 Å². The van der Waals surface area contributed by atoms with E-state index in [1.54, 1.807) is 17.9 Å². The molecule has 0 aromatic heterocycles. The third kappa shape index (κ3) is 3.01. The lowest BCUT2D eigenvalue weighted by atomic mass is 9.73. The highest BCUT2D eigenvalue weighted by atomic mass is 16.4. The van der Waals surface area contributed by atoms with Crippen molar-refractivity contribution >= 4 is 17.8 Å². The molecule has 1 aliphatic carbocycles. The smallest absolute Gasteiger partial charge is 0.326 e. The van der Waals surface area contributed by atoms with Crippen LogP contribution in [-0.4, -0.2) is 51.3 Å². The fourth-order valence-electron chi connectivity index (χ4n) is 5.14. The number of carbonyl (C=O) groups is 3. The van der Waals surface area contributed by atoms with Gasteiger partial charge >= 0.3 is 5.97 Å². The van der Waals surface area contributed by atoms with Crippen LogP contribution in [0, 0.1) is 5.41 Å². The Labute approximate surface area is 159 Å². The molecule has 2 fully saturated rings. The fourth-order valence-corrected chi connectivity index (χ4v) is 5.14. The molecule has 1 saturated heterocycles. The van der Waals surface area contributed by atoms with Crippen molar-refractivity contribution in [3.63, 3.8) is 0 Å². The van der Waals surface area contributed by atoms with Crippen molar-refractivity contribution in [3.05, 3.63) is 35.4 Å². The van der Waals surface area contributed by atoms with E-state index < -0.39 is 18.1 Å². The number of rotatable bonds is 3. The van der Waals surface area contributed by atoms with Crippen molar-refractivity contribution in [2.75, 3.05) is 6.54 Å². The van der Waals surface area contributed by atoms with E-state index in [9.17, 15) is 19.5 Å². The maximum Gasteiger partial charge on any atom is 0.326 e. The quantitative estimate of drug-likeness (QED) is 0.887. The number of fused-ring (bicyclic) bond motifs is 1. The van der Waals surface area contributed by atoms with Crippen molar-refractivity contribution in [2.45, 2.75) is 64.1 Å². The van der Waals surface area contributed by atoms with Crippen LogP contribution in [0.3, 0.4) is 0 Å². The monoisotopic (exact) mass is 370 g/mol. The third-order valence-electron chi connectivity index (χ3n) is 6.66. The van der Waals surface area contributed by atoms with Crippen LogP contribution in [0.1, 0.15) is 61.4 Å². The first-order chi connectivity index (χ1) is 12.9. The molecule has 2 heterocycles. The summed E-state index contributed by atoms with van der Waals surface area (Å²) in [6, 6.07) is 5.94. The van der Waals surface area contributed by atoms with Crippen molar-refractivity contribution in [1.29, 1.82) is 0 Å². The highest BCUT2D eigenvalue weighted by Crippen LogP contribution is 2.46. The van der Waals surface area contributed by atoms with Gasteiger partial charge in [-0.2, -0.15) is 0 Å². The fraction of sp³-hybridized carbons (Fsp3) is 0.571. The molecule has 2 aliphatic heterocycles. The molecule has 144 valence electrons. The summed E-state index contributed by atoms with van der Waals surface area (Å²) in [6.45, 7) is 2.62. The molecule has 2 amide bonds. The summed E-state index contributed by atoms with van der Waals surface area (Å²) in [4.78, 5) is 40.9. The number of carbonyl (C=O) groups excluding carboxylic acids is 2. The van der Waals surface area contributed by atoms with Crippen molar-refractivity contribution in [1.82, 2.24) is 9.80 Å². The molecule has 2 atom stereocenters. The summed E-state index contributed by atoms with van der Waals surface area (Å²) in [5.74, 6) is -1.33. The lowest BCUT2D eigenvalue weighted by molar-refractivity contribution is -0.149.